The summed E-state index contributed by atoms with van der Waals surface area (Å²) in [5.41, 5.74) is 2.36. The number of nitrogens with zero attached hydrogens (tertiary/aromatic N) is 2. The molecule has 0 unspecified atom stereocenters. The maximum Gasteiger partial charge on any atom is 0.311 e. The number of nitro benzene ring substituents is 1. The van der Waals surface area contributed by atoms with Crippen LogP contribution in [0.1, 0.15) is 24.5 Å². The third-order valence-corrected chi connectivity index (χ3v) is 5.18. The number of para-hydroxylation sites is 1. The van der Waals surface area contributed by atoms with Crippen LogP contribution in [0.5, 0.6) is 0 Å². The number of benzene rings is 2. The molecule has 0 spiro atoms. The highest BCUT2D eigenvalue weighted by atomic mass is 16.6. The van der Waals surface area contributed by atoms with Crippen LogP contribution < -0.4 is 10.2 Å². The number of hydrogen-bond donors (Lipinski definition) is 1. The largest absolute Gasteiger partial charge is 0.455 e. The van der Waals surface area contributed by atoms with Gasteiger partial charge in [-0.1, -0.05) is 31.2 Å². The lowest BCUT2D eigenvalue weighted by Gasteiger charge is -2.17. The van der Waals surface area contributed by atoms with Crippen molar-refractivity contribution in [3.8, 4) is 0 Å². The lowest BCUT2D eigenvalue weighted by Crippen LogP contribution is -2.28. The van der Waals surface area contributed by atoms with Crippen molar-refractivity contribution in [2.24, 2.45) is 5.92 Å². The third kappa shape index (κ3) is 5.06. The molecule has 2 amide bonds. The molecule has 162 valence electrons. The Kier molecular flexibility index (Phi) is 6.64. The van der Waals surface area contributed by atoms with Gasteiger partial charge in [0.15, 0.2) is 6.61 Å². The molecule has 1 fully saturated rings. The predicted molar refractivity (Wildman–Crippen MR) is 114 cm³/mol. The summed E-state index contributed by atoms with van der Waals surface area (Å²) in [6.07, 6.45) is 0.661. The molecule has 1 atom stereocenters. The summed E-state index contributed by atoms with van der Waals surface area (Å²) >= 11 is 0. The topological polar surface area (TPSA) is 119 Å². The number of esters is 1. The van der Waals surface area contributed by atoms with Crippen LogP contribution in [0.3, 0.4) is 0 Å². The zero-order valence-corrected chi connectivity index (χ0v) is 17.3. The highest BCUT2D eigenvalue weighted by molar-refractivity contribution is 6.00. The first-order chi connectivity index (χ1) is 14.8. The molecule has 1 aliphatic heterocycles. The van der Waals surface area contributed by atoms with Gasteiger partial charge in [-0.3, -0.25) is 24.5 Å². The number of rotatable bonds is 7. The molecule has 9 nitrogen and oxygen atoms in total. The van der Waals surface area contributed by atoms with E-state index in [0.717, 1.165) is 12.0 Å². The monoisotopic (exact) mass is 425 g/mol. The Labute approximate surface area is 179 Å². The minimum Gasteiger partial charge on any atom is -0.455 e. The second-order valence-electron chi connectivity index (χ2n) is 7.30. The van der Waals surface area contributed by atoms with Gasteiger partial charge in [-0.25, -0.2) is 0 Å². The molecule has 1 heterocycles. The molecule has 0 aromatic heterocycles. The summed E-state index contributed by atoms with van der Waals surface area (Å²) in [7, 11) is 0. The van der Waals surface area contributed by atoms with Gasteiger partial charge in [0.05, 0.1) is 16.5 Å². The molecule has 2 aromatic rings. The van der Waals surface area contributed by atoms with E-state index in [0.29, 0.717) is 16.9 Å². The number of nitrogens with one attached hydrogen (secondary N) is 1. The average Bonchev–Trinajstić information content (AvgIpc) is 3.14. The van der Waals surface area contributed by atoms with Crippen molar-refractivity contribution >= 4 is 34.8 Å². The van der Waals surface area contributed by atoms with E-state index >= 15 is 0 Å². The second-order valence-corrected chi connectivity index (χ2v) is 7.30. The number of carbonyl (C=O) groups is 3. The molecule has 3 rings (SSSR count). The Morgan fingerprint density at radius 1 is 1.26 bits per heavy atom. The van der Waals surface area contributed by atoms with Gasteiger partial charge in [-0.2, -0.15) is 0 Å². The van der Waals surface area contributed by atoms with E-state index in [1.54, 1.807) is 31.2 Å². The quantitative estimate of drug-likeness (QED) is 0.414. The van der Waals surface area contributed by atoms with Gasteiger partial charge in [0, 0.05) is 30.3 Å². The first kappa shape index (κ1) is 21.9. The number of ether oxygens (including phenoxy) is 1. The van der Waals surface area contributed by atoms with Crippen molar-refractivity contribution in [3.05, 3.63) is 63.7 Å². The summed E-state index contributed by atoms with van der Waals surface area (Å²) in [6.45, 7) is 3.16. The molecule has 0 aliphatic carbocycles. The van der Waals surface area contributed by atoms with Crippen molar-refractivity contribution in [1.29, 1.82) is 0 Å². The van der Waals surface area contributed by atoms with Gasteiger partial charge in [-0.15, -0.1) is 0 Å². The zero-order valence-electron chi connectivity index (χ0n) is 17.3. The predicted octanol–water partition coefficient (Wildman–Crippen LogP) is 3.00. The first-order valence-electron chi connectivity index (χ1n) is 9.90. The van der Waals surface area contributed by atoms with Crippen molar-refractivity contribution in [3.63, 3.8) is 0 Å². The second kappa shape index (κ2) is 9.38. The van der Waals surface area contributed by atoms with Crippen LogP contribution in [0.4, 0.5) is 17.1 Å². The van der Waals surface area contributed by atoms with Crippen molar-refractivity contribution in [2.45, 2.75) is 26.7 Å². The molecule has 9 heteroatoms. The highest BCUT2D eigenvalue weighted by Gasteiger charge is 2.37. The molecule has 31 heavy (non-hydrogen) atoms. The van der Waals surface area contributed by atoms with Gasteiger partial charge in [0.25, 0.3) is 11.6 Å². The fourth-order valence-corrected chi connectivity index (χ4v) is 3.47. The molecule has 2 aromatic carbocycles. The average molecular weight is 425 g/mol. The Bertz CT molecular complexity index is 1040. The lowest BCUT2D eigenvalue weighted by atomic mass is 10.1. The third-order valence-electron chi connectivity index (χ3n) is 5.18. The van der Waals surface area contributed by atoms with E-state index in [1.807, 2.05) is 19.1 Å². The van der Waals surface area contributed by atoms with Gasteiger partial charge in [0.2, 0.25) is 5.91 Å². The summed E-state index contributed by atoms with van der Waals surface area (Å²) < 4.78 is 5.11. The number of nitro groups is 1. The van der Waals surface area contributed by atoms with Gasteiger partial charge in [0.1, 0.15) is 0 Å². The molecule has 0 saturated carbocycles. The summed E-state index contributed by atoms with van der Waals surface area (Å²) in [6, 6.07) is 11.8. The fourth-order valence-electron chi connectivity index (χ4n) is 3.47. The summed E-state index contributed by atoms with van der Waals surface area (Å²) in [5, 5.41) is 13.9. The minimum atomic E-state index is -0.747. The molecule has 1 saturated heterocycles. The molecular weight excluding hydrogens is 402 g/mol. The van der Waals surface area contributed by atoms with Crippen molar-refractivity contribution < 1.29 is 24.0 Å². The number of carbonyl (C=O) groups excluding carboxylic acids is 3. The van der Waals surface area contributed by atoms with Crippen LogP contribution in [0.25, 0.3) is 0 Å². The number of hydrogen-bond acceptors (Lipinski definition) is 6. The van der Waals surface area contributed by atoms with Crippen LogP contribution in [-0.4, -0.2) is 35.9 Å². The Hall–Kier alpha value is -3.75. The van der Waals surface area contributed by atoms with Gasteiger partial charge >= 0.3 is 5.97 Å². The van der Waals surface area contributed by atoms with Gasteiger partial charge < -0.3 is 15.0 Å². The number of amides is 2. The highest BCUT2D eigenvalue weighted by Crippen LogP contribution is 2.30. The van der Waals surface area contributed by atoms with E-state index < -0.39 is 29.3 Å². The Morgan fingerprint density at radius 3 is 2.71 bits per heavy atom. The Morgan fingerprint density at radius 2 is 2.00 bits per heavy atom. The molecule has 0 radical (unpaired) electrons. The van der Waals surface area contributed by atoms with E-state index in [-0.39, 0.29) is 24.6 Å². The smallest absolute Gasteiger partial charge is 0.311 e. The summed E-state index contributed by atoms with van der Waals surface area (Å²) in [5.74, 6) is -2.20. The van der Waals surface area contributed by atoms with Gasteiger partial charge in [-0.05, 0) is 31.0 Å². The van der Waals surface area contributed by atoms with Crippen LogP contribution in [0.2, 0.25) is 0 Å². The zero-order chi connectivity index (χ0) is 22.5. The molecule has 1 aliphatic rings. The van der Waals surface area contributed by atoms with Crippen molar-refractivity contribution in [1.82, 2.24) is 0 Å². The van der Waals surface area contributed by atoms with E-state index in [9.17, 15) is 24.5 Å². The van der Waals surface area contributed by atoms with E-state index in [2.05, 4.69) is 5.32 Å². The van der Waals surface area contributed by atoms with Crippen LogP contribution in [-0.2, 0) is 25.5 Å². The van der Waals surface area contributed by atoms with E-state index in [4.69, 9.17) is 4.74 Å². The molecular formula is C22H23N3O6. The van der Waals surface area contributed by atoms with Crippen LogP contribution in [0.15, 0.2) is 42.5 Å². The summed E-state index contributed by atoms with van der Waals surface area (Å²) in [4.78, 5) is 48.9. The van der Waals surface area contributed by atoms with Crippen LogP contribution >= 0.6 is 0 Å². The SMILES string of the molecule is CCc1ccccc1NC(=O)COC(=O)[C@@H]1CC(=O)N(c2ccc(C)c([N+](=O)[O-])c2)C1. The minimum absolute atomic E-state index is 0.0399. The maximum absolute atomic E-state index is 12.4. The molecule has 1 N–H and O–H groups in total. The number of anilines is 2. The van der Waals surface area contributed by atoms with Crippen molar-refractivity contribution in [2.75, 3.05) is 23.4 Å². The Balaban J connectivity index is 1.58. The fraction of sp³-hybridized carbons (Fsp3) is 0.318. The lowest BCUT2D eigenvalue weighted by molar-refractivity contribution is -0.385. The standard InChI is InChI=1S/C22H23N3O6/c1-3-15-6-4-5-7-18(15)23-20(26)13-31-22(28)16-10-21(27)24(12-16)17-9-8-14(2)19(11-17)25(29)30/h4-9,11,16H,3,10,12-13H2,1-2H3,(H,23,26)/t16-/m1/s1. The maximum atomic E-state index is 12.4. The normalized spacial score (nSPS) is 15.6. The molecule has 0 bridgehead atoms. The van der Waals surface area contributed by atoms with Crippen LogP contribution in [0, 0.1) is 23.0 Å². The first-order valence-corrected chi connectivity index (χ1v) is 9.90. The van der Waals surface area contributed by atoms with E-state index in [1.165, 1.54) is 11.0 Å². The number of aryl methyl sites for hydroxylation is 2.